The van der Waals surface area contributed by atoms with Crippen LogP contribution < -0.4 is 22.1 Å². The standard InChI is InChI=1S/C31H37ClFN7/c1-6-18-13-21(36-5)8-9-22(18)19-14-26-28(39-27-11-12-31(4,35)30(27,2)3)23(16-37-40(26)17-19)29(34)38-25-15-20(33)7-10-24(25)32/h7-10,13-17,27,36,39H,6,11-12,35H2,1-5H3,(H2,34,38)/t27?,31-/m0/s1. The predicted octanol–water partition coefficient (Wildman–Crippen LogP) is 6.75. The second kappa shape index (κ2) is 10.4. The fraction of sp³-hybridized carbons (Fsp3) is 0.355. The SMILES string of the molecule is CCc1cc(NC)ccc1-c1cc2c(NC3CC[C@](C)(N)C3(C)C)c(C(N)=Nc3cc(F)ccc3Cl)cnn2c1. The van der Waals surface area contributed by atoms with Crippen LogP contribution in [0.3, 0.4) is 0 Å². The molecule has 0 radical (unpaired) electrons. The number of hydrogen-bond acceptors (Lipinski definition) is 5. The Kier molecular flexibility index (Phi) is 7.27. The fourth-order valence-corrected chi connectivity index (χ4v) is 5.75. The van der Waals surface area contributed by atoms with Crippen molar-refractivity contribution in [3.63, 3.8) is 0 Å². The smallest absolute Gasteiger partial charge is 0.135 e. The van der Waals surface area contributed by atoms with Crippen molar-refractivity contribution in [3.8, 4) is 11.1 Å². The van der Waals surface area contributed by atoms with Crippen LogP contribution in [0.15, 0.2) is 59.9 Å². The maximum absolute atomic E-state index is 14.0. The summed E-state index contributed by atoms with van der Waals surface area (Å²) in [6, 6.07) is 12.6. The van der Waals surface area contributed by atoms with Crippen molar-refractivity contribution in [2.24, 2.45) is 21.9 Å². The second-order valence-corrected chi connectivity index (χ2v) is 11.8. The van der Waals surface area contributed by atoms with E-state index in [1.165, 1.54) is 23.8 Å². The minimum absolute atomic E-state index is 0.0810. The molecule has 4 aromatic rings. The van der Waals surface area contributed by atoms with Crippen LogP contribution in [-0.2, 0) is 6.42 Å². The number of rotatable bonds is 7. The van der Waals surface area contributed by atoms with E-state index >= 15 is 0 Å². The number of hydrogen-bond donors (Lipinski definition) is 4. The van der Waals surface area contributed by atoms with Gasteiger partial charge in [0.2, 0.25) is 0 Å². The van der Waals surface area contributed by atoms with Gasteiger partial charge in [0.25, 0.3) is 0 Å². The summed E-state index contributed by atoms with van der Waals surface area (Å²) in [4.78, 5) is 4.51. The highest BCUT2D eigenvalue weighted by atomic mass is 35.5. The van der Waals surface area contributed by atoms with E-state index in [2.05, 4.69) is 67.6 Å². The largest absolute Gasteiger partial charge is 0.388 e. The Morgan fingerprint density at radius 1 is 1.20 bits per heavy atom. The molecule has 0 aliphatic heterocycles. The molecule has 1 fully saturated rings. The Balaban J connectivity index is 1.68. The first-order valence-corrected chi connectivity index (χ1v) is 14.0. The number of nitrogens with two attached hydrogens (primary N) is 2. The minimum Gasteiger partial charge on any atom is -0.388 e. The normalized spacial score (nSPS) is 20.7. The van der Waals surface area contributed by atoms with Gasteiger partial charge in [-0.05, 0) is 67.6 Å². The van der Waals surface area contributed by atoms with E-state index in [0.717, 1.165) is 47.3 Å². The molecular weight excluding hydrogens is 525 g/mol. The van der Waals surface area contributed by atoms with E-state index in [0.29, 0.717) is 10.6 Å². The van der Waals surface area contributed by atoms with Crippen LogP contribution in [0.5, 0.6) is 0 Å². The summed E-state index contributed by atoms with van der Waals surface area (Å²) in [6.45, 7) is 8.65. The Bertz CT molecular complexity index is 1610. The molecule has 0 saturated heterocycles. The number of nitrogens with one attached hydrogen (secondary N) is 2. The van der Waals surface area contributed by atoms with Gasteiger partial charge >= 0.3 is 0 Å². The average molecular weight is 562 g/mol. The number of aromatic nitrogens is 2. The molecule has 1 aliphatic rings. The van der Waals surface area contributed by atoms with Crippen molar-refractivity contribution in [2.45, 2.75) is 58.5 Å². The molecule has 9 heteroatoms. The summed E-state index contributed by atoms with van der Waals surface area (Å²) >= 11 is 6.31. The molecule has 2 aromatic carbocycles. The third-order valence-corrected chi connectivity index (χ3v) is 9.08. The van der Waals surface area contributed by atoms with Gasteiger partial charge in [0.15, 0.2) is 0 Å². The maximum Gasteiger partial charge on any atom is 0.135 e. The first kappa shape index (κ1) is 27.9. The van der Waals surface area contributed by atoms with Crippen molar-refractivity contribution in [1.82, 2.24) is 9.61 Å². The minimum atomic E-state index is -0.440. The van der Waals surface area contributed by atoms with E-state index in [1.54, 1.807) is 6.20 Å². The lowest BCUT2D eigenvalue weighted by Gasteiger charge is -2.39. The van der Waals surface area contributed by atoms with Crippen LogP contribution in [0.2, 0.25) is 5.02 Å². The number of amidine groups is 1. The zero-order valence-electron chi connectivity index (χ0n) is 23.6. The second-order valence-electron chi connectivity index (χ2n) is 11.4. The molecule has 0 spiro atoms. The van der Waals surface area contributed by atoms with Crippen molar-refractivity contribution in [1.29, 1.82) is 0 Å². The average Bonchev–Trinajstić information content (AvgIpc) is 3.44. The van der Waals surface area contributed by atoms with E-state index < -0.39 is 5.82 Å². The van der Waals surface area contributed by atoms with E-state index in [-0.39, 0.29) is 28.5 Å². The van der Waals surface area contributed by atoms with Crippen LogP contribution in [0.25, 0.3) is 16.6 Å². The molecule has 1 unspecified atom stereocenters. The predicted molar refractivity (Wildman–Crippen MR) is 164 cm³/mol. The zero-order valence-corrected chi connectivity index (χ0v) is 24.4. The van der Waals surface area contributed by atoms with Gasteiger partial charge in [-0.2, -0.15) is 5.10 Å². The third-order valence-electron chi connectivity index (χ3n) is 8.76. The first-order chi connectivity index (χ1) is 18.9. The number of fused-ring (bicyclic) bond motifs is 1. The number of aliphatic imine (C=N–C) groups is 1. The summed E-state index contributed by atoms with van der Waals surface area (Å²) < 4.78 is 15.8. The Morgan fingerprint density at radius 2 is 1.98 bits per heavy atom. The lowest BCUT2D eigenvalue weighted by atomic mass is 9.75. The Morgan fingerprint density at radius 3 is 2.65 bits per heavy atom. The molecule has 5 rings (SSSR count). The van der Waals surface area contributed by atoms with E-state index in [9.17, 15) is 4.39 Å². The molecule has 1 aliphatic carbocycles. The molecule has 2 aromatic heterocycles. The maximum atomic E-state index is 14.0. The Hall–Kier alpha value is -3.62. The molecule has 6 N–H and O–H groups in total. The number of nitrogens with zero attached hydrogens (tertiary/aromatic N) is 3. The number of anilines is 2. The Labute approximate surface area is 239 Å². The molecule has 1 saturated carbocycles. The van der Waals surface area contributed by atoms with E-state index in [4.69, 9.17) is 28.2 Å². The van der Waals surface area contributed by atoms with Gasteiger partial charge in [-0.15, -0.1) is 0 Å². The number of halogens is 2. The summed E-state index contributed by atoms with van der Waals surface area (Å²) in [5, 5.41) is 12.0. The van der Waals surface area contributed by atoms with Crippen molar-refractivity contribution in [2.75, 3.05) is 17.7 Å². The molecule has 2 atom stereocenters. The molecule has 0 amide bonds. The topological polar surface area (TPSA) is 106 Å². The van der Waals surface area contributed by atoms with Crippen molar-refractivity contribution < 1.29 is 4.39 Å². The monoisotopic (exact) mass is 561 g/mol. The molecule has 210 valence electrons. The molecule has 2 heterocycles. The third kappa shape index (κ3) is 4.90. The summed E-state index contributed by atoms with van der Waals surface area (Å²) in [7, 11) is 1.92. The van der Waals surface area contributed by atoms with Gasteiger partial charge in [0, 0.05) is 47.6 Å². The fourth-order valence-electron chi connectivity index (χ4n) is 5.59. The van der Waals surface area contributed by atoms with Crippen LogP contribution in [0, 0.1) is 11.2 Å². The molecule has 40 heavy (non-hydrogen) atoms. The lowest BCUT2D eigenvalue weighted by Crippen LogP contribution is -2.51. The van der Waals surface area contributed by atoms with Crippen LogP contribution >= 0.6 is 11.6 Å². The van der Waals surface area contributed by atoms with Crippen LogP contribution in [0.4, 0.5) is 21.5 Å². The molecular formula is C31H37ClFN7. The summed E-state index contributed by atoms with van der Waals surface area (Å²) in [6.07, 6.45) is 6.40. The quantitative estimate of drug-likeness (QED) is 0.147. The van der Waals surface area contributed by atoms with Crippen LogP contribution in [0.1, 0.15) is 51.7 Å². The van der Waals surface area contributed by atoms with Gasteiger partial charge in [-0.1, -0.05) is 38.4 Å². The highest BCUT2D eigenvalue weighted by Crippen LogP contribution is 2.46. The summed E-state index contributed by atoms with van der Waals surface area (Å²) in [5.41, 5.74) is 19.8. The number of aryl methyl sites for hydroxylation is 1. The zero-order chi connectivity index (χ0) is 28.8. The highest BCUT2D eigenvalue weighted by molar-refractivity contribution is 6.33. The van der Waals surface area contributed by atoms with Crippen LogP contribution in [-0.4, -0.2) is 34.1 Å². The highest BCUT2D eigenvalue weighted by Gasteiger charge is 2.49. The van der Waals surface area contributed by atoms with Gasteiger partial charge in [0.05, 0.1) is 33.7 Å². The van der Waals surface area contributed by atoms with Crippen molar-refractivity contribution >= 4 is 40.0 Å². The van der Waals surface area contributed by atoms with Gasteiger partial charge in [-0.3, -0.25) is 0 Å². The van der Waals surface area contributed by atoms with Gasteiger partial charge in [0.1, 0.15) is 11.7 Å². The van der Waals surface area contributed by atoms with E-state index in [1.807, 2.05) is 17.8 Å². The van der Waals surface area contributed by atoms with Gasteiger partial charge < -0.3 is 22.1 Å². The molecule has 7 nitrogen and oxygen atoms in total. The lowest BCUT2D eigenvalue weighted by molar-refractivity contribution is 0.215. The summed E-state index contributed by atoms with van der Waals surface area (Å²) in [5.74, 6) is -0.253. The van der Waals surface area contributed by atoms with Crippen molar-refractivity contribution in [3.05, 3.63) is 76.8 Å². The number of benzene rings is 2. The first-order valence-electron chi connectivity index (χ1n) is 13.6. The molecule has 0 bridgehead atoms. The van der Waals surface area contributed by atoms with Gasteiger partial charge in [-0.25, -0.2) is 13.9 Å².